The Kier molecular flexibility index (Phi) is 4.59. The van der Waals surface area contributed by atoms with Gasteiger partial charge in [-0.25, -0.2) is 4.98 Å². The summed E-state index contributed by atoms with van der Waals surface area (Å²) in [6.45, 7) is 4.07. The Morgan fingerprint density at radius 2 is 1.21 bits per heavy atom. The molecule has 4 heteroatoms. The van der Waals surface area contributed by atoms with Crippen LogP contribution in [-0.4, -0.2) is 20.3 Å². The van der Waals surface area contributed by atoms with Crippen LogP contribution in [-0.2, 0) is 0 Å². The van der Waals surface area contributed by atoms with Gasteiger partial charge in [0.2, 0.25) is 0 Å². The van der Waals surface area contributed by atoms with Crippen molar-refractivity contribution in [1.29, 1.82) is 5.41 Å². The normalized spacial score (nSPS) is 12.9. The van der Waals surface area contributed by atoms with Crippen molar-refractivity contribution in [2.75, 3.05) is 0 Å². The fourth-order valence-corrected chi connectivity index (χ4v) is 7.01. The van der Waals surface area contributed by atoms with E-state index in [1.807, 2.05) is 6.08 Å². The first-order valence-corrected chi connectivity index (χ1v) is 14.1. The molecule has 0 fully saturated rings. The lowest BCUT2D eigenvalue weighted by molar-refractivity contribution is 1.08. The van der Waals surface area contributed by atoms with Crippen LogP contribution in [0.25, 0.3) is 77.0 Å². The number of hydrogen-bond acceptors (Lipinski definition) is 2. The second kappa shape index (κ2) is 8.38. The summed E-state index contributed by atoms with van der Waals surface area (Å²) in [5.74, 6) is 0.857. The first-order valence-electron chi connectivity index (χ1n) is 14.1. The molecule has 196 valence electrons. The smallest absolute Gasteiger partial charge is 0.138 e. The van der Waals surface area contributed by atoms with Gasteiger partial charge in [0.15, 0.2) is 0 Å². The molecule has 0 unspecified atom stereocenters. The van der Waals surface area contributed by atoms with Crippen molar-refractivity contribution in [3.05, 3.63) is 139 Å². The Morgan fingerprint density at radius 1 is 0.595 bits per heavy atom. The van der Waals surface area contributed by atoms with Crippen molar-refractivity contribution < 1.29 is 0 Å². The van der Waals surface area contributed by atoms with E-state index in [1.165, 1.54) is 38.8 Å². The van der Waals surface area contributed by atoms with E-state index in [0.717, 1.165) is 55.7 Å². The second-order valence-electron chi connectivity index (χ2n) is 10.8. The second-order valence-corrected chi connectivity index (χ2v) is 10.8. The molecular formula is C38H24N4. The molecule has 0 bridgehead atoms. The van der Waals surface area contributed by atoms with Crippen molar-refractivity contribution in [2.24, 2.45) is 0 Å². The zero-order valence-electron chi connectivity index (χ0n) is 22.7. The van der Waals surface area contributed by atoms with E-state index in [-0.39, 0.29) is 0 Å². The number of hydrogen-bond donors (Lipinski definition) is 1. The summed E-state index contributed by atoms with van der Waals surface area (Å²) in [6, 6.07) is 41.0. The Morgan fingerprint density at radius 3 is 1.88 bits per heavy atom. The van der Waals surface area contributed by atoms with E-state index in [0.29, 0.717) is 0 Å². The minimum absolute atomic E-state index is 0.857. The summed E-state index contributed by atoms with van der Waals surface area (Å²) >= 11 is 0. The molecule has 1 aliphatic carbocycles. The summed E-state index contributed by atoms with van der Waals surface area (Å²) < 4.78 is 4.64. The van der Waals surface area contributed by atoms with Crippen LogP contribution in [0, 0.1) is 5.41 Å². The van der Waals surface area contributed by atoms with Gasteiger partial charge in [0.25, 0.3) is 0 Å². The van der Waals surface area contributed by atoms with Gasteiger partial charge in [-0.15, -0.1) is 0 Å². The maximum atomic E-state index is 8.10. The zero-order chi connectivity index (χ0) is 27.9. The van der Waals surface area contributed by atoms with Crippen molar-refractivity contribution >= 4 is 71.7 Å². The molecule has 3 heterocycles. The third kappa shape index (κ3) is 2.90. The number of allylic oxidation sites excluding steroid dienone is 3. The molecule has 0 aliphatic heterocycles. The van der Waals surface area contributed by atoms with Gasteiger partial charge in [0, 0.05) is 50.0 Å². The first-order chi connectivity index (χ1) is 20.8. The number of para-hydroxylation sites is 3. The van der Waals surface area contributed by atoms with E-state index in [1.54, 1.807) is 0 Å². The molecule has 0 atom stereocenters. The molecule has 0 spiro atoms. The summed E-state index contributed by atoms with van der Waals surface area (Å²) in [6.07, 6.45) is 3.25. The molecule has 8 aromatic rings. The van der Waals surface area contributed by atoms with E-state index in [2.05, 4.69) is 131 Å². The monoisotopic (exact) mass is 536 g/mol. The zero-order valence-corrected chi connectivity index (χ0v) is 22.7. The number of aromatic nitrogens is 3. The molecule has 1 N–H and O–H groups in total. The molecule has 42 heavy (non-hydrogen) atoms. The van der Waals surface area contributed by atoms with Crippen molar-refractivity contribution in [3.8, 4) is 11.5 Å². The summed E-state index contributed by atoms with van der Waals surface area (Å²) in [4.78, 5) is 5.24. The topological polar surface area (TPSA) is 46.6 Å². The van der Waals surface area contributed by atoms with Gasteiger partial charge in [0.1, 0.15) is 5.82 Å². The highest BCUT2D eigenvalue weighted by atomic mass is 15.1. The minimum Gasteiger partial charge on any atom is -0.309 e. The van der Waals surface area contributed by atoms with Crippen molar-refractivity contribution in [2.45, 2.75) is 0 Å². The molecule has 1 aliphatic rings. The van der Waals surface area contributed by atoms with Crippen LogP contribution >= 0.6 is 0 Å². The number of nitrogens with one attached hydrogen (secondary N) is 1. The van der Waals surface area contributed by atoms with Gasteiger partial charge in [-0.2, -0.15) is 0 Å². The molecular weight excluding hydrogens is 512 g/mol. The van der Waals surface area contributed by atoms with Gasteiger partial charge >= 0.3 is 0 Å². The molecule has 0 radical (unpaired) electrons. The van der Waals surface area contributed by atoms with Crippen LogP contribution in [0.5, 0.6) is 0 Å². The predicted molar refractivity (Wildman–Crippen MR) is 176 cm³/mol. The summed E-state index contributed by atoms with van der Waals surface area (Å²) in [7, 11) is 0. The number of fused-ring (bicyclic) bond motifs is 6. The lowest BCUT2D eigenvalue weighted by Gasteiger charge is -2.12. The molecule has 0 saturated heterocycles. The first kappa shape index (κ1) is 23.0. The van der Waals surface area contributed by atoms with Gasteiger partial charge in [0.05, 0.1) is 27.8 Å². The van der Waals surface area contributed by atoms with Crippen LogP contribution in [0.4, 0.5) is 0 Å². The summed E-state index contributed by atoms with van der Waals surface area (Å²) in [5.41, 5.74) is 9.45. The molecule has 0 saturated carbocycles. The predicted octanol–water partition coefficient (Wildman–Crippen LogP) is 9.49. The average molecular weight is 537 g/mol. The van der Waals surface area contributed by atoms with E-state index in [4.69, 9.17) is 10.4 Å². The number of benzene rings is 5. The lowest BCUT2D eigenvalue weighted by Crippen LogP contribution is -2.00. The van der Waals surface area contributed by atoms with Gasteiger partial charge in [-0.3, -0.25) is 4.57 Å². The SMILES string of the molecule is C=CC1=C(C=N)c2cccc3cc(-n4c5ccccc5c5cc(-n6c7ccccc7c7ccccc76)ccc54)nc1c23. The van der Waals surface area contributed by atoms with Crippen LogP contribution < -0.4 is 0 Å². The molecule has 3 aromatic heterocycles. The van der Waals surface area contributed by atoms with Crippen LogP contribution in [0.3, 0.4) is 0 Å². The Bertz CT molecular complexity index is 2450. The maximum Gasteiger partial charge on any atom is 0.138 e. The van der Waals surface area contributed by atoms with Crippen LogP contribution in [0.15, 0.2) is 128 Å². The quantitative estimate of drug-likeness (QED) is 0.224. The van der Waals surface area contributed by atoms with Crippen molar-refractivity contribution in [1.82, 2.24) is 14.1 Å². The Balaban J connectivity index is 1.35. The highest BCUT2D eigenvalue weighted by Crippen LogP contribution is 2.43. The maximum absolute atomic E-state index is 8.10. The minimum atomic E-state index is 0.857. The number of rotatable bonds is 4. The van der Waals surface area contributed by atoms with E-state index >= 15 is 0 Å². The largest absolute Gasteiger partial charge is 0.309 e. The van der Waals surface area contributed by atoms with Crippen molar-refractivity contribution in [3.63, 3.8) is 0 Å². The number of pyridine rings is 1. The third-order valence-electron chi connectivity index (χ3n) is 8.75. The van der Waals surface area contributed by atoms with E-state index in [9.17, 15) is 0 Å². The average Bonchev–Trinajstić information content (AvgIpc) is 3.67. The standard InChI is InChI=1S/C38H24N4/c1-2-25-31(22-39)29-14-9-10-23-20-36(40-38(25)37(23)29)42-34-17-8-5-13-28(34)30-21-24(18-19-35(30)42)41-32-15-6-3-11-26(32)27-12-4-7-16-33(27)41/h2-22,39H,1H2. The van der Waals surface area contributed by atoms with Crippen LogP contribution in [0.2, 0.25) is 0 Å². The summed E-state index contributed by atoms with van der Waals surface area (Å²) in [5, 5.41) is 15.2. The number of nitrogens with zero attached hydrogens (tertiary/aromatic N) is 3. The fourth-order valence-electron chi connectivity index (χ4n) is 7.01. The Labute approximate surface area is 241 Å². The highest BCUT2D eigenvalue weighted by molar-refractivity contribution is 6.29. The van der Waals surface area contributed by atoms with Gasteiger partial charge < -0.3 is 9.98 Å². The van der Waals surface area contributed by atoms with Crippen LogP contribution in [0.1, 0.15) is 11.3 Å². The Hall–Kier alpha value is -5.74. The third-order valence-corrected chi connectivity index (χ3v) is 8.75. The molecule has 5 aromatic carbocycles. The molecule has 9 rings (SSSR count). The van der Waals surface area contributed by atoms with E-state index < -0.39 is 0 Å². The fraction of sp³-hybridized carbons (Fsp3) is 0. The molecule has 4 nitrogen and oxygen atoms in total. The highest BCUT2D eigenvalue weighted by Gasteiger charge is 2.25. The van der Waals surface area contributed by atoms with Gasteiger partial charge in [-0.05, 0) is 53.4 Å². The lowest BCUT2D eigenvalue weighted by atomic mass is 10.0. The van der Waals surface area contributed by atoms with Gasteiger partial charge in [-0.1, -0.05) is 85.5 Å². The molecule has 0 amide bonds.